The molecule has 0 saturated carbocycles. The summed E-state index contributed by atoms with van der Waals surface area (Å²) in [6.45, 7) is 1.08. The molecule has 6 nitrogen and oxygen atoms in total. The maximum atomic E-state index is 13.2. The van der Waals surface area contributed by atoms with Crippen molar-refractivity contribution in [1.29, 1.82) is 0 Å². The minimum atomic E-state index is -4.72. The highest BCUT2D eigenvalue weighted by Gasteiger charge is 2.39. The minimum Gasteiger partial charge on any atom is -0.481 e. The van der Waals surface area contributed by atoms with E-state index in [1.54, 1.807) is 0 Å². The molecule has 24 heavy (non-hydrogen) atoms. The molecule has 1 heterocycles. The topological polar surface area (TPSA) is 94.9 Å². The van der Waals surface area contributed by atoms with Crippen molar-refractivity contribution >= 4 is 23.5 Å². The van der Waals surface area contributed by atoms with E-state index in [4.69, 9.17) is 5.11 Å². The van der Waals surface area contributed by atoms with E-state index in [0.717, 1.165) is 6.07 Å². The lowest BCUT2D eigenvalue weighted by Crippen LogP contribution is -2.31. The summed E-state index contributed by atoms with van der Waals surface area (Å²) < 4.78 is 39.6. The number of nitrogens with zero attached hydrogens (tertiary/aromatic N) is 1. The zero-order valence-corrected chi connectivity index (χ0v) is 12.6. The normalized spacial score (nSPS) is 18.1. The van der Waals surface area contributed by atoms with E-state index in [2.05, 4.69) is 0 Å². The van der Waals surface area contributed by atoms with Gasteiger partial charge in [0.1, 0.15) is 5.92 Å². The van der Waals surface area contributed by atoms with Crippen molar-refractivity contribution in [2.75, 3.05) is 11.4 Å². The molecule has 0 aromatic heterocycles. The van der Waals surface area contributed by atoms with Crippen molar-refractivity contribution in [3.63, 3.8) is 0 Å². The standard InChI is InChI=1S/C15H14F3NO5/c1-2-7-5-9-11(6-10(7)15(16,17)18)19(14(23)24)4-3-8(12(9)20)13(21)22/h5-6,8H,2-4H2,1H3,(H,21,22)(H,23,24). The first kappa shape index (κ1) is 17.8. The lowest BCUT2D eigenvalue weighted by atomic mass is 9.92. The number of alkyl halides is 3. The third-order valence-electron chi connectivity index (χ3n) is 3.95. The Hall–Kier alpha value is -2.58. The Morgan fingerprint density at radius 3 is 2.38 bits per heavy atom. The number of carboxylic acids is 1. The number of amides is 1. The van der Waals surface area contributed by atoms with Gasteiger partial charge in [0, 0.05) is 12.1 Å². The van der Waals surface area contributed by atoms with Gasteiger partial charge in [-0.15, -0.1) is 0 Å². The van der Waals surface area contributed by atoms with Crippen LogP contribution in [0.3, 0.4) is 0 Å². The van der Waals surface area contributed by atoms with Crippen molar-refractivity contribution in [3.05, 3.63) is 28.8 Å². The molecule has 1 aliphatic rings. The molecule has 1 amide bonds. The fraction of sp³-hybridized carbons (Fsp3) is 0.400. The molecule has 0 radical (unpaired) electrons. The van der Waals surface area contributed by atoms with Gasteiger partial charge in [0.05, 0.1) is 11.3 Å². The highest BCUT2D eigenvalue weighted by atomic mass is 19.4. The summed E-state index contributed by atoms with van der Waals surface area (Å²) in [5, 5.41) is 18.4. The van der Waals surface area contributed by atoms with E-state index in [0.29, 0.717) is 11.0 Å². The van der Waals surface area contributed by atoms with Crippen LogP contribution in [0.2, 0.25) is 0 Å². The van der Waals surface area contributed by atoms with Crippen LogP contribution in [0.5, 0.6) is 0 Å². The van der Waals surface area contributed by atoms with Gasteiger partial charge < -0.3 is 10.2 Å². The van der Waals surface area contributed by atoms with Crippen LogP contribution in [0.4, 0.5) is 23.7 Å². The van der Waals surface area contributed by atoms with Crippen LogP contribution in [0, 0.1) is 5.92 Å². The number of ketones is 1. The van der Waals surface area contributed by atoms with Crippen molar-refractivity contribution in [2.45, 2.75) is 25.9 Å². The average Bonchev–Trinajstić information content (AvgIpc) is 2.62. The largest absolute Gasteiger partial charge is 0.481 e. The molecule has 2 rings (SSSR count). The van der Waals surface area contributed by atoms with Gasteiger partial charge >= 0.3 is 18.2 Å². The van der Waals surface area contributed by atoms with Crippen molar-refractivity contribution in [2.24, 2.45) is 5.92 Å². The molecule has 1 unspecified atom stereocenters. The summed E-state index contributed by atoms with van der Waals surface area (Å²) in [6.07, 6.45) is -6.61. The first-order valence-corrected chi connectivity index (χ1v) is 7.09. The molecule has 0 fully saturated rings. The molecule has 1 aliphatic heterocycles. The summed E-state index contributed by atoms with van der Waals surface area (Å²) in [5.41, 5.74) is -1.96. The van der Waals surface area contributed by atoms with E-state index in [-0.39, 0.29) is 30.5 Å². The first-order chi connectivity index (χ1) is 11.1. The van der Waals surface area contributed by atoms with Gasteiger partial charge in [-0.1, -0.05) is 6.92 Å². The lowest BCUT2D eigenvalue weighted by molar-refractivity contribution is -0.140. The molecular weight excluding hydrogens is 331 g/mol. The minimum absolute atomic E-state index is 0.0415. The Balaban J connectivity index is 2.75. The molecule has 2 N–H and O–H groups in total. The number of halogens is 3. The predicted molar refractivity (Wildman–Crippen MR) is 76.3 cm³/mol. The molecule has 1 aromatic carbocycles. The number of fused-ring (bicyclic) bond motifs is 1. The Labute approximate surface area is 134 Å². The molecule has 0 bridgehead atoms. The maximum absolute atomic E-state index is 13.2. The van der Waals surface area contributed by atoms with E-state index < -0.39 is 41.2 Å². The molecule has 1 aromatic rings. The molecule has 1 atom stereocenters. The Morgan fingerprint density at radius 2 is 1.92 bits per heavy atom. The number of carbonyl (C=O) groups is 3. The van der Waals surface area contributed by atoms with Crippen LogP contribution in [-0.4, -0.2) is 34.6 Å². The molecule has 0 aliphatic carbocycles. The van der Waals surface area contributed by atoms with Crippen LogP contribution in [0.1, 0.15) is 34.8 Å². The molecular formula is C15H14F3NO5. The van der Waals surface area contributed by atoms with Gasteiger partial charge in [-0.2, -0.15) is 13.2 Å². The maximum Gasteiger partial charge on any atom is 0.416 e. The zero-order chi connectivity index (χ0) is 18.2. The van der Waals surface area contributed by atoms with E-state index >= 15 is 0 Å². The number of benzene rings is 1. The predicted octanol–water partition coefficient (Wildman–Crippen LogP) is 3.04. The molecule has 0 spiro atoms. The van der Waals surface area contributed by atoms with Crippen molar-refractivity contribution in [3.8, 4) is 0 Å². The molecule has 130 valence electrons. The van der Waals surface area contributed by atoms with Crippen LogP contribution >= 0.6 is 0 Å². The number of carbonyl (C=O) groups excluding carboxylic acids is 1. The van der Waals surface area contributed by atoms with E-state index in [1.165, 1.54) is 6.92 Å². The summed E-state index contributed by atoms with van der Waals surface area (Å²) in [4.78, 5) is 35.6. The molecule has 9 heteroatoms. The number of aliphatic carboxylic acids is 1. The number of hydrogen-bond donors (Lipinski definition) is 2. The van der Waals surface area contributed by atoms with Gasteiger partial charge in [-0.05, 0) is 30.5 Å². The molecule has 0 saturated heterocycles. The number of hydrogen-bond acceptors (Lipinski definition) is 3. The zero-order valence-electron chi connectivity index (χ0n) is 12.6. The average molecular weight is 345 g/mol. The van der Waals surface area contributed by atoms with E-state index in [1.807, 2.05) is 0 Å². The second-order valence-electron chi connectivity index (χ2n) is 5.36. The highest BCUT2D eigenvalue weighted by Crippen LogP contribution is 2.39. The quantitative estimate of drug-likeness (QED) is 0.804. The van der Waals surface area contributed by atoms with Gasteiger partial charge in [0.15, 0.2) is 5.78 Å². The second kappa shape index (κ2) is 6.14. The summed E-state index contributed by atoms with van der Waals surface area (Å²) in [6, 6.07) is 1.57. The summed E-state index contributed by atoms with van der Waals surface area (Å²) in [5.74, 6) is -3.81. The number of Topliss-reactive ketones (excluding diaryl/α,β-unsaturated/α-hetero) is 1. The number of anilines is 1. The second-order valence-corrected chi connectivity index (χ2v) is 5.36. The number of rotatable bonds is 2. The Kier molecular flexibility index (Phi) is 4.54. The van der Waals surface area contributed by atoms with Crippen LogP contribution in [0.15, 0.2) is 12.1 Å². The monoisotopic (exact) mass is 345 g/mol. The fourth-order valence-corrected chi connectivity index (χ4v) is 2.74. The van der Waals surface area contributed by atoms with Crippen molar-refractivity contribution in [1.82, 2.24) is 0 Å². The van der Waals surface area contributed by atoms with Crippen LogP contribution in [0.25, 0.3) is 0 Å². The van der Waals surface area contributed by atoms with Gasteiger partial charge in [0.25, 0.3) is 0 Å². The highest BCUT2D eigenvalue weighted by molar-refractivity contribution is 6.13. The lowest BCUT2D eigenvalue weighted by Gasteiger charge is -2.22. The van der Waals surface area contributed by atoms with Gasteiger partial charge in [-0.25, -0.2) is 4.79 Å². The fourth-order valence-electron chi connectivity index (χ4n) is 2.74. The Bertz CT molecular complexity index is 714. The van der Waals surface area contributed by atoms with Gasteiger partial charge in [0.2, 0.25) is 0 Å². The number of carboxylic acid groups (broad SMARTS) is 2. The SMILES string of the molecule is CCc1cc2c(cc1C(F)(F)F)N(C(=O)O)CCC(C(=O)O)C2=O. The summed E-state index contributed by atoms with van der Waals surface area (Å²) in [7, 11) is 0. The van der Waals surface area contributed by atoms with E-state index in [9.17, 15) is 32.7 Å². The third-order valence-corrected chi connectivity index (χ3v) is 3.95. The third kappa shape index (κ3) is 3.06. The van der Waals surface area contributed by atoms with Crippen LogP contribution < -0.4 is 4.90 Å². The van der Waals surface area contributed by atoms with Crippen molar-refractivity contribution < 1.29 is 37.8 Å². The first-order valence-electron chi connectivity index (χ1n) is 7.09. The van der Waals surface area contributed by atoms with Gasteiger partial charge in [-0.3, -0.25) is 14.5 Å². The number of aryl methyl sites for hydroxylation is 1. The Morgan fingerprint density at radius 1 is 1.29 bits per heavy atom. The van der Waals surface area contributed by atoms with Crippen LogP contribution in [-0.2, 0) is 17.4 Å². The summed E-state index contributed by atoms with van der Waals surface area (Å²) >= 11 is 0. The smallest absolute Gasteiger partial charge is 0.416 e.